The van der Waals surface area contributed by atoms with Crippen LogP contribution < -0.4 is 10.6 Å². The lowest BCUT2D eigenvalue weighted by Crippen LogP contribution is -2.40. The zero-order valence-electron chi connectivity index (χ0n) is 22.2. The molecule has 0 aliphatic heterocycles. The fourth-order valence-corrected chi connectivity index (χ4v) is 4.44. The van der Waals surface area contributed by atoms with Crippen LogP contribution in [0.15, 0.2) is 48.7 Å². The molecule has 0 unspecified atom stereocenters. The highest BCUT2D eigenvalue weighted by Gasteiger charge is 2.26. The normalized spacial score (nSPS) is 12.6. The zero-order valence-corrected chi connectivity index (χ0v) is 23.0. The molecule has 3 N–H and O–H groups in total. The minimum Gasteiger partial charge on any atom is -0.466 e. The maximum Gasteiger partial charge on any atom is 0.309 e. The van der Waals surface area contributed by atoms with Crippen LogP contribution in [0, 0.1) is 11.7 Å². The van der Waals surface area contributed by atoms with Gasteiger partial charge >= 0.3 is 5.97 Å². The van der Waals surface area contributed by atoms with Gasteiger partial charge in [-0.2, -0.15) is 0 Å². The Kier molecular flexibility index (Phi) is 12.3. The average molecular weight is 560 g/mol. The predicted octanol–water partition coefficient (Wildman–Crippen LogP) is 4.19. The minimum absolute atomic E-state index is 0.222. The molecule has 0 aliphatic carbocycles. The second-order valence-electron chi connectivity index (χ2n) is 9.14. The number of methoxy groups -OCH3 is 1. The molecule has 2 atom stereocenters. The first-order valence-corrected chi connectivity index (χ1v) is 13.4. The molecule has 0 bridgehead atoms. The van der Waals surface area contributed by atoms with Crippen molar-refractivity contribution in [2.75, 3.05) is 33.4 Å². The Morgan fingerprint density at radius 2 is 1.95 bits per heavy atom. The number of nitrogens with one attached hydrogen (secondary N) is 3. The van der Waals surface area contributed by atoms with Crippen molar-refractivity contribution in [3.63, 3.8) is 0 Å². The summed E-state index contributed by atoms with van der Waals surface area (Å²) >= 11 is 6.06. The molecule has 0 aliphatic rings. The standard InChI is InChI=1S/C28H35ClFN5O4/c1-3-39-28(37)21(11-13-31-12-4-14-38-2)16-23(33-27(36)26-18-32-35-34-26)15-19-5-7-20(8-6-19)24-17-22(29)9-10-25(24)30/h5-10,17-18,21,23,31H,3-4,11-16H2,1-2H3,(H,33,36)(H,32,34,35)/t21-,23-/m1/s1. The van der Waals surface area contributed by atoms with Gasteiger partial charge in [-0.05, 0) is 75.0 Å². The van der Waals surface area contributed by atoms with Gasteiger partial charge in [0.15, 0.2) is 0 Å². The van der Waals surface area contributed by atoms with E-state index in [-0.39, 0.29) is 30.0 Å². The Hall–Kier alpha value is -3.34. The largest absolute Gasteiger partial charge is 0.466 e. The van der Waals surface area contributed by atoms with Gasteiger partial charge in [0.25, 0.3) is 5.91 Å². The first-order chi connectivity index (χ1) is 18.9. The molecule has 11 heteroatoms. The first-order valence-electron chi connectivity index (χ1n) is 13.0. The predicted molar refractivity (Wildman–Crippen MR) is 147 cm³/mol. The molecule has 3 rings (SSSR count). The number of rotatable bonds is 16. The molecule has 0 spiro atoms. The number of halogens is 2. The van der Waals surface area contributed by atoms with Gasteiger partial charge in [-0.25, -0.2) is 4.39 Å². The number of nitrogens with zero attached hydrogens (tertiary/aromatic N) is 2. The van der Waals surface area contributed by atoms with Gasteiger partial charge in [-0.15, -0.1) is 5.10 Å². The Morgan fingerprint density at radius 3 is 2.64 bits per heavy atom. The number of benzene rings is 2. The van der Waals surface area contributed by atoms with Crippen LogP contribution in [0.3, 0.4) is 0 Å². The Morgan fingerprint density at radius 1 is 1.15 bits per heavy atom. The van der Waals surface area contributed by atoms with Gasteiger partial charge in [0.2, 0.25) is 0 Å². The van der Waals surface area contributed by atoms with E-state index >= 15 is 0 Å². The van der Waals surface area contributed by atoms with E-state index in [0.29, 0.717) is 48.6 Å². The van der Waals surface area contributed by atoms with E-state index in [4.69, 9.17) is 21.1 Å². The van der Waals surface area contributed by atoms with Gasteiger partial charge in [0.1, 0.15) is 11.5 Å². The molecule has 1 aromatic heterocycles. The van der Waals surface area contributed by atoms with Crippen LogP contribution in [0.4, 0.5) is 4.39 Å². The molecule has 1 heterocycles. The molecule has 39 heavy (non-hydrogen) atoms. The third-order valence-corrected chi connectivity index (χ3v) is 6.47. The van der Waals surface area contributed by atoms with Crippen molar-refractivity contribution in [2.45, 2.75) is 38.6 Å². The van der Waals surface area contributed by atoms with Crippen molar-refractivity contribution < 1.29 is 23.5 Å². The van der Waals surface area contributed by atoms with Gasteiger partial charge in [-0.3, -0.25) is 14.7 Å². The summed E-state index contributed by atoms with van der Waals surface area (Å²) in [5.74, 6) is -1.46. The highest BCUT2D eigenvalue weighted by molar-refractivity contribution is 6.30. The van der Waals surface area contributed by atoms with E-state index in [1.165, 1.54) is 18.3 Å². The van der Waals surface area contributed by atoms with E-state index in [0.717, 1.165) is 18.5 Å². The lowest BCUT2D eigenvalue weighted by Gasteiger charge is -2.24. The lowest BCUT2D eigenvalue weighted by atomic mass is 9.91. The molecule has 0 saturated carbocycles. The molecule has 0 radical (unpaired) electrons. The average Bonchev–Trinajstić information content (AvgIpc) is 3.47. The number of esters is 1. The topological polar surface area (TPSA) is 118 Å². The van der Waals surface area contributed by atoms with E-state index in [1.54, 1.807) is 20.1 Å². The molecule has 9 nitrogen and oxygen atoms in total. The third kappa shape index (κ3) is 9.72. The number of amides is 1. The highest BCUT2D eigenvalue weighted by atomic mass is 35.5. The lowest BCUT2D eigenvalue weighted by molar-refractivity contribution is -0.148. The summed E-state index contributed by atoms with van der Waals surface area (Å²) in [5.41, 5.74) is 2.23. The second-order valence-corrected chi connectivity index (χ2v) is 9.57. The molecule has 3 aromatic rings. The smallest absolute Gasteiger partial charge is 0.309 e. The van der Waals surface area contributed by atoms with Crippen molar-refractivity contribution in [3.05, 3.63) is 70.8 Å². The fraction of sp³-hybridized carbons (Fsp3) is 0.429. The minimum atomic E-state index is -0.426. The number of hydrogen-bond donors (Lipinski definition) is 3. The number of hydrogen-bond acceptors (Lipinski definition) is 7. The summed E-state index contributed by atoms with van der Waals surface area (Å²) in [7, 11) is 1.66. The Balaban J connectivity index is 1.75. The SMILES string of the molecule is CCOC(=O)[C@H](CCNCCCOC)C[C@@H](Cc1ccc(-c2cc(Cl)ccc2F)cc1)NC(=O)c1cnn[nH]1. The number of carbonyl (C=O) groups is 2. The molecule has 2 aromatic carbocycles. The summed E-state index contributed by atoms with van der Waals surface area (Å²) < 4.78 is 24.8. The molecular weight excluding hydrogens is 525 g/mol. The summed E-state index contributed by atoms with van der Waals surface area (Å²) in [6.07, 6.45) is 3.58. The Bertz CT molecular complexity index is 1180. The monoisotopic (exact) mass is 559 g/mol. The summed E-state index contributed by atoms with van der Waals surface area (Å²) in [4.78, 5) is 25.7. The molecule has 0 fully saturated rings. The van der Waals surface area contributed by atoms with E-state index in [1.807, 2.05) is 24.3 Å². The molecule has 210 valence electrons. The molecular formula is C28H35ClFN5O4. The van der Waals surface area contributed by atoms with Crippen LogP contribution in [0.5, 0.6) is 0 Å². The van der Waals surface area contributed by atoms with E-state index < -0.39 is 12.0 Å². The third-order valence-electron chi connectivity index (χ3n) is 6.23. The van der Waals surface area contributed by atoms with Crippen LogP contribution in [0.2, 0.25) is 5.02 Å². The van der Waals surface area contributed by atoms with Crippen molar-refractivity contribution >= 4 is 23.5 Å². The van der Waals surface area contributed by atoms with Gasteiger partial charge < -0.3 is 20.1 Å². The van der Waals surface area contributed by atoms with E-state index in [9.17, 15) is 14.0 Å². The quantitative estimate of drug-likeness (QED) is 0.178. The van der Waals surface area contributed by atoms with Crippen LogP contribution in [-0.2, 0) is 20.7 Å². The van der Waals surface area contributed by atoms with Crippen LogP contribution >= 0.6 is 11.6 Å². The number of aromatic amines is 1. The van der Waals surface area contributed by atoms with E-state index in [2.05, 4.69) is 26.0 Å². The summed E-state index contributed by atoms with van der Waals surface area (Å²) in [6, 6.07) is 11.4. The van der Waals surface area contributed by atoms with Crippen LogP contribution in [-0.4, -0.2) is 66.7 Å². The molecule has 1 amide bonds. The number of aromatic nitrogens is 3. The maximum absolute atomic E-state index is 14.3. The maximum atomic E-state index is 14.3. The van der Waals surface area contributed by atoms with Gasteiger partial charge in [0.05, 0.1) is 18.7 Å². The zero-order chi connectivity index (χ0) is 28.0. The fourth-order valence-electron chi connectivity index (χ4n) is 4.27. The van der Waals surface area contributed by atoms with Crippen molar-refractivity contribution in [1.82, 2.24) is 26.0 Å². The van der Waals surface area contributed by atoms with Crippen LogP contribution in [0.1, 0.15) is 42.2 Å². The molecule has 0 saturated heterocycles. The summed E-state index contributed by atoms with van der Waals surface area (Å²) in [5, 5.41) is 16.6. The number of ether oxygens (including phenoxy) is 2. The summed E-state index contributed by atoms with van der Waals surface area (Å²) in [6.45, 7) is 4.10. The number of carbonyl (C=O) groups excluding carboxylic acids is 2. The highest BCUT2D eigenvalue weighted by Crippen LogP contribution is 2.27. The van der Waals surface area contributed by atoms with Crippen molar-refractivity contribution in [3.8, 4) is 11.1 Å². The Labute approximate surface area is 232 Å². The van der Waals surface area contributed by atoms with Gasteiger partial charge in [-0.1, -0.05) is 41.1 Å². The second kappa shape index (κ2) is 15.9. The first kappa shape index (κ1) is 30.2. The van der Waals surface area contributed by atoms with Crippen LogP contribution in [0.25, 0.3) is 11.1 Å². The number of H-pyrrole nitrogens is 1. The van der Waals surface area contributed by atoms with Crippen molar-refractivity contribution in [1.29, 1.82) is 0 Å². The van der Waals surface area contributed by atoms with Crippen molar-refractivity contribution in [2.24, 2.45) is 5.92 Å². The van der Waals surface area contributed by atoms with Gasteiger partial charge in [0, 0.05) is 30.3 Å².